The molecule has 0 atom stereocenters. The highest BCUT2D eigenvalue weighted by Crippen LogP contribution is 2.20. The van der Waals surface area contributed by atoms with Crippen LogP contribution in [-0.4, -0.2) is 19.9 Å². The molecule has 0 aliphatic heterocycles. The van der Waals surface area contributed by atoms with E-state index in [1.165, 1.54) is 0 Å². The normalized spacial score (nSPS) is 11.7. The van der Waals surface area contributed by atoms with Gasteiger partial charge in [-0.05, 0) is 52.0 Å². The molecule has 1 aromatic rings. The molecule has 0 heterocycles. The van der Waals surface area contributed by atoms with E-state index >= 15 is 0 Å². The van der Waals surface area contributed by atoms with Crippen molar-refractivity contribution in [3.8, 4) is 0 Å². The van der Waals surface area contributed by atoms with Crippen LogP contribution in [-0.2, 0) is 15.8 Å². The van der Waals surface area contributed by atoms with Crippen molar-refractivity contribution in [3.63, 3.8) is 0 Å². The molecule has 0 spiro atoms. The Bertz CT molecular complexity index is 542. The molecule has 0 radical (unpaired) electrons. The van der Waals surface area contributed by atoms with Gasteiger partial charge in [-0.25, -0.2) is 4.79 Å². The van der Waals surface area contributed by atoms with Crippen molar-refractivity contribution < 1.29 is 14.0 Å². The van der Waals surface area contributed by atoms with E-state index in [4.69, 9.17) is 9.16 Å². The predicted octanol–water partition coefficient (Wildman–Crippen LogP) is 4.53. The lowest BCUT2D eigenvalue weighted by Gasteiger charge is -2.21. The average molecular weight is 321 g/mol. The van der Waals surface area contributed by atoms with Gasteiger partial charge in [0.1, 0.15) is 12.4 Å². The van der Waals surface area contributed by atoms with Crippen molar-refractivity contribution in [1.82, 2.24) is 5.32 Å². The lowest BCUT2D eigenvalue weighted by molar-refractivity contribution is 0.131. The molecule has 0 aliphatic carbocycles. The number of hydrogen-bond acceptors (Lipinski definition) is 3. The molecule has 0 aliphatic rings. The Labute approximate surface area is 134 Å². The molecule has 22 heavy (non-hydrogen) atoms. The Hall–Kier alpha value is -1.75. The average Bonchev–Trinajstić information content (AvgIpc) is 2.32. The third kappa shape index (κ3) is 7.31. The number of amides is 1. The van der Waals surface area contributed by atoms with Crippen LogP contribution in [0.25, 0.3) is 5.76 Å². The minimum atomic E-state index is -1.68. The van der Waals surface area contributed by atoms with Crippen molar-refractivity contribution in [2.75, 3.05) is 0 Å². The van der Waals surface area contributed by atoms with E-state index in [1.54, 1.807) is 0 Å². The number of rotatable bonds is 5. The van der Waals surface area contributed by atoms with Crippen LogP contribution in [0.5, 0.6) is 0 Å². The molecule has 0 aromatic heterocycles. The molecule has 1 N–H and O–H groups in total. The summed E-state index contributed by atoms with van der Waals surface area (Å²) in [5.74, 6) is 0.667. The minimum absolute atomic E-state index is 0.218. The zero-order valence-corrected chi connectivity index (χ0v) is 15.4. The van der Waals surface area contributed by atoms with Crippen LogP contribution in [0.1, 0.15) is 31.9 Å². The maximum Gasteiger partial charge on any atom is 0.407 e. The fourth-order valence-corrected chi connectivity index (χ4v) is 2.61. The van der Waals surface area contributed by atoms with E-state index in [-0.39, 0.29) is 12.1 Å². The van der Waals surface area contributed by atoms with Crippen LogP contribution in [0.15, 0.2) is 30.8 Å². The second-order valence-corrected chi connectivity index (χ2v) is 11.7. The third-order valence-corrected chi connectivity index (χ3v) is 3.38. The van der Waals surface area contributed by atoms with E-state index in [2.05, 4.69) is 31.5 Å². The third-order valence-electron chi connectivity index (χ3n) is 2.53. The maximum absolute atomic E-state index is 11.7. The zero-order chi connectivity index (χ0) is 17.0. The van der Waals surface area contributed by atoms with E-state index in [0.717, 1.165) is 11.1 Å². The van der Waals surface area contributed by atoms with Gasteiger partial charge in [-0.2, -0.15) is 0 Å². The van der Waals surface area contributed by atoms with Gasteiger partial charge >= 0.3 is 6.09 Å². The van der Waals surface area contributed by atoms with Crippen molar-refractivity contribution in [1.29, 1.82) is 0 Å². The first-order valence-electron chi connectivity index (χ1n) is 7.38. The number of benzene rings is 1. The molecule has 1 rings (SSSR count). The Kier molecular flexibility index (Phi) is 5.83. The van der Waals surface area contributed by atoms with Crippen LogP contribution < -0.4 is 5.32 Å². The van der Waals surface area contributed by atoms with Gasteiger partial charge in [-0.3, -0.25) is 0 Å². The largest absolute Gasteiger partial charge is 0.544 e. The van der Waals surface area contributed by atoms with Crippen molar-refractivity contribution in [3.05, 3.63) is 42.0 Å². The van der Waals surface area contributed by atoms with Gasteiger partial charge in [-0.1, -0.05) is 24.8 Å². The molecular weight excluding hydrogens is 294 g/mol. The summed E-state index contributed by atoms with van der Waals surface area (Å²) >= 11 is 0. The summed E-state index contributed by atoms with van der Waals surface area (Å²) in [5, 5.41) is 2.76. The van der Waals surface area contributed by atoms with Gasteiger partial charge in [0.15, 0.2) is 0 Å². The highest BCUT2D eigenvalue weighted by atomic mass is 28.4. The van der Waals surface area contributed by atoms with Crippen molar-refractivity contribution in [2.24, 2.45) is 0 Å². The molecule has 0 fully saturated rings. The van der Waals surface area contributed by atoms with Gasteiger partial charge in [0.05, 0.1) is 0 Å². The van der Waals surface area contributed by atoms with Crippen LogP contribution >= 0.6 is 0 Å². The van der Waals surface area contributed by atoms with E-state index in [9.17, 15) is 4.79 Å². The lowest BCUT2D eigenvalue weighted by Crippen LogP contribution is -2.40. The second-order valence-electron chi connectivity index (χ2n) is 7.29. The maximum atomic E-state index is 11.7. The predicted molar refractivity (Wildman–Crippen MR) is 93.0 cm³/mol. The van der Waals surface area contributed by atoms with Gasteiger partial charge in [-0.15, -0.1) is 0 Å². The van der Waals surface area contributed by atoms with Crippen LogP contribution in [0.3, 0.4) is 0 Å². The van der Waals surface area contributed by atoms with Gasteiger partial charge < -0.3 is 14.5 Å². The molecule has 1 amide bonds. The summed E-state index contributed by atoms with van der Waals surface area (Å²) in [6.45, 7) is 16.3. The fourth-order valence-electron chi connectivity index (χ4n) is 1.75. The molecule has 0 saturated heterocycles. The standard InChI is InChI=1S/C17H27NO3Si/c1-13(21-22(5,6)7)15-10-8-9-14(11-15)12-20-16(19)18-17(2,3)4/h8-11H,1,12H2,2-7H3,(H,18,19). The van der Waals surface area contributed by atoms with E-state index in [0.29, 0.717) is 5.76 Å². The number of nitrogens with one attached hydrogen (secondary N) is 1. The molecule has 122 valence electrons. The van der Waals surface area contributed by atoms with E-state index in [1.807, 2.05) is 45.0 Å². The minimum Gasteiger partial charge on any atom is -0.544 e. The quantitative estimate of drug-likeness (QED) is 0.640. The summed E-state index contributed by atoms with van der Waals surface area (Å²) in [4.78, 5) is 11.7. The summed E-state index contributed by atoms with van der Waals surface area (Å²) in [5.41, 5.74) is 1.51. The lowest BCUT2D eigenvalue weighted by atomic mass is 10.1. The Morgan fingerprint density at radius 1 is 1.27 bits per heavy atom. The highest BCUT2D eigenvalue weighted by Gasteiger charge is 2.18. The number of carbonyl (C=O) groups excluding carboxylic acids is 1. The molecule has 0 unspecified atom stereocenters. The molecule has 5 heteroatoms. The summed E-state index contributed by atoms with van der Waals surface area (Å²) in [6.07, 6.45) is -0.421. The monoisotopic (exact) mass is 321 g/mol. The van der Waals surface area contributed by atoms with Gasteiger partial charge in [0.25, 0.3) is 0 Å². The Morgan fingerprint density at radius 3 is 2.45 bits per heavy atom. The fraction of sp³-hybridized carbons (Fsp3) is 0.471. The molecule has 4 nitrogen and oxygen atoms in total. The Balaban J connectivity index is 2.65. The zero-order valence-electron chi connectivity index (χ0n) is 14.4. The van der Waals surface area contributed by atoms with Crippen LogP contribution in [0.4, 0.5) is 4.79 Å². The van der Waals surface area contributed by atoms with Crippen molar-refractivity contribution >= 4 is 20.2 Å². The first kappa shape index (κ1) is 18.3. The van der Waals surface area contributed by atoms with Gasteiger partial charge in [0, 0.05) is 11.1 Å². The number of carbonyl (C=O) groups is 1. The number of alkyl carbamates (subject to hydrolysis) is 1. The Morgan fingerprint density at radius 2 is 1.91 bits per heavy atom. The molecule has 0 saturated carbocycles. The second kappa shape index (κ2) is 7.00. The number of ether oxygens (including phenoxy) is 1. The molecular formula is C17H27NO3Si. The molecule has 1 aromatic carbocycles. The van der Waals surface area contributed by atoms with Crippen LogP contribution in [0.2, 0.25) is 19.6 Å². The SMILES string of the molecule is C=C(O[Si](C)(C)C)c1cccc(COC(=O)NC(C)(C)C)c1. The van der Waals surface area contributed by atoms with Crippen LogP contribution in [0, 0.1) is 0 Å². The topological polar surface area (TPSA) is 47.6 Å². The first-order chi connectivity index (χ1) is 9.96. The number of hydrogen-bond donors (Lipinski definition) is 1. The van der Waals surface area contributed by atoms with Crippen molar-refractivity contribution in [2.45, 2.75) is 52.6 Å². The summed E-state index contributed by atoms with van der Waals surface area (Å²) in [6, 6.07) is 7.71. The summed E-state index contributed by atoms with van der Waals surface area (Å²) < 4.78 is 11.1. The van der Waals surface area contributed by atoms with Gasteiger partial charge in [0.2, 0.25) is 8.32 Å². The van der Waals surface area contributed by atoms with E-state index < -0.39 is 14.4 Å². The molecule has 0 bridgehead atoms. The smallest absolute Gasteiger partial charge is 0.407 e. The first-order valence-corrected chi connectivity index (χ1v) is 10.8. The highest BCUT2D eigenvalue weighted by molar-refractivity contribution is 6.70. The summed E-state index contributed by atoms with van der Waals surface area (Å²) in [7, 11) is -1.68.